The average Bonchev–Trinajstić information content (AvgIpc) is 2.23. The summed E-state index contributed by atoms with van der Waals surface area (Å²) in [5.41, 5.74) is 2.72. The van der Waals surface area contributed by atoms with Crippen molar-refractivity contribution >= 4 is 5.69 Å². The van der Waals surface area contributed by atoms with Crippen LogP contribution in [0.25, 0.3) is 0 Å². The van der Waals surface area contributed by atoms with Gasteiger partial charge < -0.3 is 10.2 Å². The summed E-state index contributed by atoms with van der Waals surface area (Å²) in [7, 11) is 4.24. The van der Waals surface area contributed by atoms with E-state index >= 15 is 0 Å². The predicted octanol–water partition coefficient (Wildman–Crippen LogP) is 3.59. The van der Waals surface area contributed by atoms with E-state index in [1.807, 2.05) is 0 Å². The highest BCUT2D eigenvalue weighted by molar-refractivity contribution is 5.52. The third kappa shape index (κ3) is 3.26. The Labute approximate surface area is 111 Å². The minimum absolute atomic E-state index is 0.681. The van der Waals surface area contributed by atoms with Crippen molar-refractivity contribution in [3.63, 3.8) is 0 Å². The molecule has 1 fully saturated rings. The minimum Gasteiger partial charge on any atom is -0.382 e. The van der Waals surface area contributed by atoms with E-state index in [-0.39, 0.29) is 0 Å². The number of rotatable bonds is 5. The number of nitrogens with one attached hydrogen (secondary N) is 1. The van der Waals surface area contributed by atoms with Crippen LogP contribution in [0.4, 0.5) is 5.69 Å². The third-order valence-corrected chi connectivity index (χ3v) is 3.98. The molecule has 0 spiro atoms. The van der Waals surface area contributed by atoms with Crippen molar-refractivity contribution in [3.8, 4) is 0 Å². The van der Waals surface area contributed by atoms with Crippen LogP contribution in [0.15, 0.2) is 24.3 Å². The van der Waals surface area contributed by atoms with Crippen molar-refractivity contribution in [1.29, 1.82) is 0 Å². The van der Waals surface area contributed by atoms with Gasteiger partial charge in [0.2, 0.25) is 0 Å². The van der Waals surface area contributed by atoms with E-state index in [0.29, 0.717) is 6.04 Å². The van der Waals surface area contributed by atoms with E-state index in [4.69, 9.17) is 0 Å². The number of para-hydroxylation sites is 1. The predicted molar refractivity (Wildman–Crippen MR) is 78.8 cm³/mol. The Balaban J connectivity index is 1.94. The molecular formula is C16H26N2. The van der Waals surface area contributed by atoms with Gasteiger partial charge in [0.25, 0.3) is 0 Å². The van der Waals surface area contributed by atoms with Crippen LogP contribution in [0.1, 0.15) is 32.3 Å². The van der Waals surface area contributed by atoms with Crippen LogP contribution in [-0.2, 0) is 6.54 Å². The molecule has 1 aliphatic rings. The van der Waals surface area contributed by atoms with Crippen LogP contribution in [0.2, 0.25) is 0 Å². The summed E-state index contributed by atoms with van der Waals surface area (Å²) in [4.78, 5) is 2.22. The van der Waals surface area contributed by atoms with Crippen LogP contribution >= 0.6 is 0 Å². The van der Waals surface area contributed by atoms with Gasteiger partial charge in [-0.1, -0.05) is 32.0 Å². The Morgan fingerprint density at radius 2 is 1.89 bits per heavy atom. The molecule has 0 heterocycles. The first-order chi connectivity index (χ1) is 8.56. The lowest BCUT2D eigenvalue weighted by Gasteiger charge is -2.39. The molecule has 0 aliphatic heterocycles. The summed E-state index contributed by atoms with van der Waals surface area (Å²) in [5.74, 6) is 1.75. The Kier molecular flexibility index (Phi) is 4.28. The van der Waals surface area contributed by atoms with Gasteiger partial charge in [0, 0.05) is 18.3 Å². The van der Waals surface area contributed by atoms with Gasteiger partial charge in [-0.15, -0.1) is 0 Å². The highest BCUT2D eigenvalue weighted by Crippen LogP contribution is 2.36. The first-order valence-electron chi connectivity index (χ1n) is 7.05. The quantitative estimate of drug-likeness (QED) is 0.854. The van der Waals surface area contributed by atoms with E-state index in [0.717, 1.165) is 18.4 Å². The van der Waals surface area contributed by atoms with Crippen molar-refractivity contribution < 1.29 is 0 Å². The summed E-state index contributed by atoms with van der Waals surface area (Å²) in [6, 6.07) is 9.37. The van der Waals surface area contributed by atoms with Gasteiger partial charge in [0.15, 0.2) is 0 Å². The Bertz CT molecular complexity index is 378. The van der Waals surface area contributed by atoms with Crippen LogP contribution in [0, 0.1) is 11.8 Å². The average molecular weight is 246 g/mol. The fourth-order valence-corrected chi connectivity index (χ4v) is 2.68. The van der Waals surface area contributed by atoms with Crippen LogP contribution in [0.5, 0.6) is 0 Å². The monoisotopic (exact) mass is 246 g/mol. The van der Waals surface area contributed by atoms with E-state index in [1.165, 1.54) is 24.1 Å². The fraction of sp³-hybridized carbons (Fsp3) is 0.625. The summed E-state index contributed by atoms with van der Waals surface area (Å²) in [6.45, 7) is 5.67. The number of hydrogen-bond donors (Lipinski definition) is 1. The number of hydrogen-bond acceptors (Lipinski definition) is 2. The highest BCUT2D eigenvalue weighted by atomic mass is 15.1. The molecule has 18 heavy (non-hydrogen) atoms. The summed E-state index contributed by atoms with van der Waals surface area (Å²) < 4.78 is 0. The SMILES string of the molecule is CC(C)C1CC(Nc2ccccc2CN(C)C)C1. The van der Waals surface area contributed by atoms with E-state index in [1.54, 1.807) is 0 Å². The molecule has 1 aliphatic carbocycles. The molecule has 1 aromatic rings. The third-order valence-electron chi connectivity index (χ3n) is 3.98. The maximum Gasteiger partial charge on any atom is 0.0388 e. The molecular weight excluding hydrogens is 220 g/mol. The largest absolute Gasteiger partial charge is 0.382 e. The zero-order valence-electron chi connectivity index (χ0n) is 12.1. The van der Waals surface area contributed by atoms with Crippen LogP contribution in [-0.4, -0.2) is 25.0 Å². The van der Waals surface area contributed by atoms with Gasteiger partial charge in [-0.3, -0.25) is 0 Å². The maximum absolute atomic E-state index is 3.71. The van der Waals surface area contributed by atoms with Gasteiger partial charge >= 0.3 is 0 Å². The van der Waals surface area contributed by atoms with Crippen molar-refractivity contribution in [2.45, 2.75) is 39.3 Å². The van der Waals surface area contributed by atoms with E-state index in [9.17, 15) is 0 Å². The van der Waals surface area contributed by atoms with Gasteiger partial charge in [0.05, 0.1) is 0 Å². The van der Waals surface area contributed by atoms with Crippen molar-refractivity contribution in [3.05, 3.63) is 29.8 Å². The lowest BCUT2D eigenvalue weighted by atomic mass is 9.73. The molecule has 0 radical (unpaired) electrons. The lowest BCUT2D eigenvalue weighted by molar-refractivity contribution is 0.211. The molecule has 0 amide bonds. The van der Waals surface area contributed by atoms with E-state index in [2.05, 4.69) is 62.4 Å². The van der Waals surface area contributed by atoms with Crippen molar-refractivity contribution in [2.75, 3.05) is 19.4 Å². The minimum atomic E-state index is 0.681. The van der Waals surface area contributed by atoms with Gasteiger partial charge in [-0.05, 0) is 50.4 Å². The number of anilines is 1. The number of benzene rings is 1. The highest BCUT2D eigenvalue weighted by Gasteiger charge is 2.31. The first kappa shape index (κ1) is 13.4. The molecule has 2 nitrogen and oxygen atoms in total. The summed E-state index contributed by atoms with van der Waals surface area (Å²) in [6.07, 6.45) is 2.65. The van der Waals surface area contributed by atoms with Crippen molar-refractivity contribution in [2.24, 2.45) is 11.8 Å². The molecule has 1 N–H and O–H groups in total. The second-order valence-electron chi connectivity index (χ2n) is 6.21. The Morgan fingerprint density at radius 1 is 1.22 bits per heavy atom. The molecule has 100 valence electrons. The van der Waals surface area contributed by atoms with Crippen molar-refractivity contribution in [1.82, 2.24) is 4.90 Å². The molecule has 1 saturated carbocycles. The zero-order valence-corrected chi connectivity index (χ0v) is 12.1. The molecule has 0 atom stereocenters. The second kappa shape index (κ2) is 5.75. The lowest BCUT2D eigenvalue weighted by Crippen LogP contribution is -2.38. The Morgan fingerprint density at radius 3 is 2.50 bits per heavy atom. The Hall–Kier alpha value is -1.02. The summed E-state index contributed by atoms with van der Waals surface area (Å²) >= 11 is 0. The number of nitrogens with zero attached hydrogens (tertiary/aromatic N) is 1. The zero-order chi connectivity index (χ0) is 13.1. The molecule has 0 bridgehead atoms. The smallest absolute Gasteiger partial charge is 0.0388 e. The van der Waals surface area contributed by atoms with Crippen LogP contribution in [0.3, 0.4) is 0 Å². The molecule has 0 aromatic heterocycles. The molecule has 1 aromatic carbocycles. The molecule has 0 saturated heterocycles. The summed E-state index contributed by atoms with van der Waals surface area (Å²) in [5, 5.41) is 3.71. The molecule has 0 unspecified atom stereocenters. The second-order valence-corrected chi connectivity index (χ2v) is 6.21. The fourth-order valence-electron chi connectivity index (χ4n) is 2.68. The van der Waals surface area contributed by atoms with Gasteiger partial charge in [0.1, 0.15) is 0 Å². The van der Waals surface area contributed by atoms with Crippen LogP contribution < -0.4 is 5.32 Å². The maximum atomic E-state index is 3.71. The standard InChI is InChI=1S/C16H26N2/c1-12(2)14-9-15(10-14)17-16-8-6-5-7-13(16)11-18(3)4/h5-8,12,14-15,17H,9-11H2,1-4H3. The first-order valence-corrected chi connectivity index (χ1v) is 7.05. The topological polar surface area (TPSA) is 15.3 Å². The molecule has 2 heteroatoms. The molecule has 2 rings (SSSR count). The van der Waals surface area contributed by atoms with E-state index < -0.39 is 0 Å². The normalized spacial score (nSPS) is 23.2. The van der Waals surface area contributed by atoms with Gasteiger partial charge in [-0.2, -0.15) is 0 Å². The van der Waals surface area contributed by atoms with Gasteiger partial charge in [-0.25, -0.2) is 0 Å².